The van der Waals surface area contributed by atoms with Crippen molar-refractivity contribution in [3.05, 3.63) is 21.9 Å². The molecule has 0 saturated heterocycles. The summed E-state index contributed by atoms with van der Waals surface area (Å²) in [6.45, 7) is 4.83. The van der Waals surface area contributed by atoms with Gasteiger partial charge < -0.3 is 15.2 Å². The minimum atomic E-state index is -0.509. The predicted octanol–water partition coefficient (Wildman–Crippen LogP) is 3.03. The molecule has 0 fully saturated rings. The highest BCUT2D eigenvalue weighted by molar-refractivity contribution is 9.10. The molecule has 0 bridgehead atoms. The number of rotatable bonds is 2. The van der Waals surface area contributed by atoms with Gasteiger partial charge in [0.05, 0.1) is 17.7 Å². The SMILES string of the molecule is CC(C)(N)Cc1c(F)c(Br)cc2c1OCCCO2. The van der Waals surface area contributed by atoms with Crippen molar-refractivity contribution in [1.82, 2.24) is 0 Å². The smallest absolute Gasteiger partial charge is 0.167 e. The quantitative estimate of drug-likeness (QED) is 0.911. The molecule has 5 heteroatoms. The van der Waals surface area contributed by atoms with Crippen LogP contribution in [0.4, 0.5) is 4.39 Å². The maximum atomic E-state index is 14.2. The van der Waals surface area contributed by atoms with Crippen molar-refractivity contribution in [2.75, 3.05) is 13.2 Å². The number of hydrogen-bond acceptors (Lipinski definition) is 3. The van der Waals surface area contributed by atoms with Crippen molar-refractivity contribution in [2.45, 2.75) is 32.2 Å². The molecule has 2 rings (SSSR count). The topological polar surface area (TPSA) is 44.5 Å². The van der Waals surface area contributed by atoms with Crippen LogP contribution in [0, 0.1) is 5.82 Å². The van der Waals surface area contributed by atoms with Gasteiger partial charge in [-0.2, -0.15) is 0 Å². The molecule has 0 aromatic heterocycles. The standard InChI is InChI=1S/C13H17BrFNO2/c1-13(2,16)7-8-11(15)9(14)6-10-12(8)18-5-3-4-17-10/h6H,3-5,7,16H2,1-2H3. The molecule has 0 aliphatic carbocycles. The molecular formula is C13H17BrFNO2. The largest absolute Gasteiger partial charge is 0.490 e. The van der Waals surface area contributed by atoms with E-state index in [2.05, 4.69) is 15.9 Å². The Kier molecular flexibility index (Phi) is 3.82. The second-order valence-electron chi connectivity index (χ2n) is 5.19. The summed E-state index contributed by atoms with van der Waals surface area (Å²) in [7, 11) is 0. The number of ether oxygens (including phenoxy) is 2. The van der Waals surface area contributed by atoms with Gasteiger partial charge in [0.1, 0.15) is 5.82 Å². The van der Waals surface area contributed by atoms with Crippen molar-refractivity contribution >= 4 is 15.9 Å². The summed E-state index contributed by atoms with van der Waals surface area (Å²) in [6.07, 6.45) is 1.18. The highest BCUT2D eigenvalue weighted by atomic mass is 79.9. The van der Waals surface area contributed by atoms with Crippen LogP contribution in [-0.4, -0.2) is 18.8 Å². The molecule has 1 aliphatic heterocycles. The van der Waals surface area contributed by atoms with Gasteiger partial charge in [-0.25, -0.2) is 4.39 Å². The second kappa shape index (κ2) is 5.05. The van der Waals surface area contributed by atoms with Gasteiger partial charge in [-0.3, -0.25) is 0 Å². The summed E-state index contributed by atoms with van der Waals surface area (Å²) < 4.78 is 25.8. The lowest BCUT2D eigenvalue weighted by Gasteiger charge is -2.22. The third-order valence-corrected chi connectivity index (χ3v) is 3.23. The molecule has 2 N–H and O–H groups in total. The fraction of sp³-hybridized carbons (Fsp3) is 0.538. The number of fused-ring (bicyclic) bond motifs is 1. The van der Waals surface area contributed by atoms with Gasteiger partial charge in [0, 0.05) is 23.6 Å². The zero-order chi connectivity index (χ0) is 13.3. The molecule has 3 nitrogen and oxygen atoms in total. The normalized spacial score (nSPS) is 15.4. The Morgan fingerprint density at radius 2 is 2.06 bits per heavy atom. The first-order valence-electron chi connectivity index (χ1n) is 5.94. The van der Waals surface area contributed by atoms with E-state index in [1.807, 2.05) is 13.8 Å². The molecule has 1 aliphatic rings. The highest BCUT2D eigenvalue weighted by Crippen LogP contribution is 2.40. The third-order valence-electron chi connectivity index (χ3n) is 2.66. The van der Waals surface area contributed by atoms with E-state index < -0.39 is 5.54 Å². The van der Waals surface area contributed by atoms with Crippen LogP contribution >= 0.6 is 15.9 Å². The van der Waals surface area contributed by atoms with Crippen molar-refractivity contribution in [1.29, 1.82) is 0 Å². The summed E-state index contributed by atoms with van der Waals surface area (Å²) in [5.74, 6) is 0.754. The van der Waals surface area contributed by atoms with Crippen LogP contribution < -0.4 is 15.2 Å². The van der Waals surface area contributed by atoms with Gasteiger partial charge in [-0.15, -0.1) is 0 Å². The lowest BCUT2D eigenvalue weighted by molar-refractivity contribution is 0.295. The van der Waals surface area contributed by atoms with Crippen molar-refractivity contribution in [3.63, 3.8) is 0 Å². The molecule has 1 aromatic rings. The van der Waals surface area contributed by atoms with Gasteiger partial charge in [-0.1, -0.05) is 0 Å². The summed E-state index contributed by atoms with van der Waals surface area (Å²) in [5.41, 5.74) is 5.95. The Bertz CT molecular complexity index is 457. The first kappa shape index (κ1) is 13.6. The number of hydrogen-bond donors (Lipinski definition) is 1. The number of halogens is 2. The fourth-order valence-electron chi connectivity index (χ4n) is 1.93. The minimum Gasteiger partial charge on any atom is -0.490 e. The molecule has 0 spiro atoms. The highest BCUT2D eigenvalue weighted by Gasteiger charge is 2.25. The van der Waals surface area contributed by atoms with Gasteiger partial charge in [0.2, 0.25) is 0 Å². The van der Waals surface area contributed by atoms with Crippen LogP contribution in [0.25, 0.3) is 0 Å². The average molecular weight is 318 g/mol. The molecule has 0 atom stereocenters. The van der Waals surface area contributed by atoms with Gasteiger partial charge in [0.25, 0.3) is 0 Å². The maximum absolute atomic E-state index is 14.2. The van der Waals surface area contributed by atoms with E-state index in [4.69, 9.17) is 15.2 Å². The van der Waals surface area contributed by atoms with E-state index in [0.29, 0.717) is 41.2 Å². The van der Waals surface area contributed by atoms with E-state index >= 15 is 0 Å². The van der Waals surface area contributed by atoms with Crippen LogP contribution in [0.5, 0.6) is 11.5 Å². The summed E-state index contributed by atoms with van der Waals surface area (Å²) in [4.78, 5) is 0. The first-order chi connectivity index (χ1) is 8.38. The summed E-state index contributed by atoms with van der Waals surface area (Å²) in [5, 5.41) is 0. The van der Waals surface area contributed by atoms with Crippen molar-refractivity contribution in [2.24, 2.45) is 5.73 Å². The Morgan fingerprint density at radius 1 is 1.39 bits per heavy atom. The minimum absolute atomic E-state index is 0.322. The zero-order valence-electron chi connectivity index (χ0n) is 10.6. The second-order valence-corrected chi connectivity index (χ2v) is 6.05. The number of benzene rings is 1. The Labute approximate surface area is 115 Å². The van der Waals surface area contributed by atoms with Gasteiger partial charge in [-0.05, 0) is 36.2 Å². The van der Waals surface area contributed by atoms with Crippen LogP contribution in [0.15, 0.2) is 10.5 Å². The Morgan fingerprint density at radius 3 is 2.72 bits per heavy atom. The summed E-state index contributed by atoms with van der Waals surface area (Å²) >= 11 is 3.21. The lowest BCUT2D eigenvalue weighted by atomic mass is 9.95. The van der Waals surface area contributed by atoms with Crippen LogP contribution in [-0.2, 0) is 6.42 Å². The summed E-state index contributed by atoms with van der Waals surface area (Å²) in [6, 6.07) is 1.61. The molecule has 18 heavy (non-hydrogen) atoms. The fourth-order valence-corrected chi connectivity index (χ4v) is 2.38. The molecule has 0 unspecified atom stereocenters. The van der Waals surface area contributed by atoms with E-state index in [9.17, 15) is 4.39 Å². The van der Waals surface area contributed by atoms with Gasteiger partial charge in [0.15, 0.2) is 11.5 Å². The van der Waals surface area contributed by atoms with E-state index in [1.54, 1.807) is 6.07 Å². The molecule has 0 radical (unpaired) electrons. The van der Waals surface area contributed by atoms with E-state index in [-0.39, 0.29) is 5.82 Å². The lowest BCUT2D eigenvalue weighted by Crippen LogP contribution is -2.35. The Balaban J connectivity index is 2.51. The van der Waals surface area contributed by atoms with Crippen LogP contribution in [0.1, 0.15) is 25.8 Å². The zero-order valence-corrected chi connectivity index (χ0v) is 12.1. The Hall–Kier alpha value is -0.810. The molecule has 1 aromatic carbocycles. The van der Waals surface area contributed by atoms with Crippen molar-refractivity contribution in [3.8, 4) is 11.5 Å². The predicted molar refractivity (Wildman–Crippen MR) is 71.7 cm³/mol. The number of nitrogens with two attached hydrogens (primary N) is 1. The average Bonchev–Trinajstić information content (AvgIpc) is 2.48. The van der Waals surface area contributed by atoms with Crippen molar-refractivity contribution < 1.29 is 13.9 Å². The third kappa shape index (κ3) is 2.95. The molecular weight excluding hydrogens is 301 g/mol. The molecule has 1 heterocycles. The monoisotopic (exact) mass is 317 g/mol. The maximum Gasteiger partial charge on any atom is 0.167 e. The molecule has 0 amide bonds. The van der Waals surface area contributed by atoms with Gasteiger partial charge >= 0.3 is 0 Å². The van der Waals surface area contributed by atoms with Crippen LogP contribution in [0.3, 0.4) is 0 Å². The van der Waals surface area contributed by atoms with E-state index in [0.717, 1.165) is 6.42 Å². The van der Waals surface area contributed by atoms with E-state index in [1.165, 1.54) is 0 Å². The molecule has 0 saturated carbocycles. The first-order valence-corrected chi connectivity index (χ1v) is 6.73. The molecule has 100 valence electrons. The van der Waals surface area contributed by atoms with Crippen LogP contribution in [0.2, 0.25) is 0 Å².